The molecule has 0 saturated carbocycles. The Hall–Kier alpha value is -1.30. The Morgan fingerprint density at radius 1 is 1.27 bits per heavy atom. The van der Waals surface area contributed by atoms with Gasteiger partial charge in [-0.3, -0.25) is 4.79 Å². The molecule has 0 aromatic heterocycles. The van der Waals surface area contributed by atoms with Gasteiger partial charge in [-0.25, -0.2) is 4.99 Å². The summed E-state index contributed by atoms with van der Waals surface area (Å²) in [6.07, 6.45) is 2.20. The molecule has 1 amide bonds. The molecule has 0 heterocycles. The van der Waals surface area contributed by atoms with E-state index in [1.54, 1.807) is 7.11 Å². The maximum atomic E-state index is 11.6. The molecule has 6 heteroatoms. The molecular weight excluding hydrogens is 280 g/mol. The van der Waals surface area contributed by atoms with Crippen LogP contribution in [-0.2, 0) is 9.53 Å². The van der Waals surface area contributed by atoms with Crippen molar-refractivity contribution in [3.05, 3.63) is 0 Å². The topological polar surface area (TPSA) is 74.8 Å². The number of aliphatic imine (C=N–C) groups is 1. The highest BCUT2D eigenvalue weighted by Gasteiger charge is 2.13. The van der Waals surface area contributed by atoms with E-state index in [1.807, 2.05) is 6.92 Å². The third-order valence-corrected chi connectivity index (χ3v) is 3.06. The summed E-state index contributed by atoms with van der Waals surface area (Å²) in [5.41, 5.74) is 0.326. The molecule has 6 nitrogen and oxygen atoms in total. The third-order valence-electron chi connectivity index (χ3n) is 3.06. The SMILES string of the molecule is CCNC(=NCC(=O)NCCOC)NC(C)CCC(C)(C)C. The fourth-order valence-electron chi connectivity index (χ4n) is 1.77. The number of carbonyl (C=O) groups excluding carboxylic acids is 1. The number of ether oxygens (including phenoxy) is 1. The van der Waals surface area contributed by atoms with Crippen molar-refractivity contribution in [3.63, 3.8) is 0 Å². The normalized spacial score (nSPS) is 13.6. The van der Waals surface area contributed by atoms with E-state index in [-0.39, 0.29) is 12.5 Å². The van der Waals surface area contributed by atoms with Crippen molar-refractivity contribution in [1.82, 2.24) is 16.0 Å². The summed E-state index contributed by atoms with van der Waals surface area (Å²) < 4.78 is 4.89. The molecule has 3 N–H and O–H groups in total. The van der Waals surface area contributed by atoms with Crippen LogP contribution in [0.1, 0.15) is 47.5 Å². The molecule has 0 spiro atoms. The second kappa shape index (κ2) is 11.3. The highest BCUT2D eigenvalue weighted by molar-refractivity contribution is 5.85. The zero-order valence-electron chi connectivity index (χ0n) is 15.1. The van der Waals surface area contributed by atoms with Crippen LogP contribution >= 0.6 is 0 Å². The largest absolute Gasteiger partial charge is 0.383 e. The molecule has 1 atom stereocenters. The lowest BCUT2D eigenvalue weighted by Crippen LogP contribution is -2.43. The van der Waals surface area contributed by atoms with Crippen LogP contribution in [0.4, 0.5) is 0 Å². The van der Waals surface area contributed by atoms with E-state index in [1.165, 1.54) is 0 Å². The third kappa shape index (κ3) is 12.4. The zero-order valence-corrected chi connectivity index (χ0v) is 15.1. The number of carbonyl (C=O) groups is 1. The van der Waals surface area contributed by atoms with E-state index in [9.17, 15) is 4.79 Å². The fourth-order valence-corrected chi connectivity index (χ4v) is 1.77. The van der Waals surface area contributed by atoms with Crippen LogP contribution in [0.5, 0.6) is 0 Å². The quantitative estimate of drug-likeness (QED) is 0.343. The molecule has 0 radical (unpaired) electrons. The molecule has 0 aliphatic carbocycles. The van der Waals surface area contributed by atoms with Crippen molar-refractivity contribution in [3.8, 4) is 0 Å². The van der Waals surface area contributed by atoms with Crippen LogP contribution < -0.4 is 16.0 Å². The first-order valence-electron chi connectivity index (χ1n) is 8.09. The molecule has 0 aliphatic rings. The fraction of sp³-hybridized carbons (Fsp3) is 0.875. The summed E-state index contributed by atoms with van der Waals surface area (Å²) in [4.78, 5) is 16.0. The molecule has 0 aliphatic heterocycles. The van der Waals surface area contributed by atoms with Gasteiger partial charge >= 0.3 is 0 Å². The number of hydrogen-bond acceptors (Lipinski definition) is 3. The van der Waals surface area contributed by atoms with Gasteiger partial charge in [0.25, 0.3) is 0 Å². The number of guanidine groups is 1. The van der Waals surface area contributed by atoms with Gasteiger partial charge in [0, 0.05) is 26.2 Å². The van der Waals surface area contributed by atoms with Crippen molar-refractivity contribution < 1.29 is 9.53 Å². The lowest BCUT2D eigenvalue weighted by Gasteiger charge is -2.23. The van der Waals surface area contributed by atoms with Gasteiger partial charge in [-0.05, 0) is 32.1 Å². The Labute approximate surface area is 135 Å². The molecule has 0 bridgehead atoms. The average Bonchev–Trinajstić information content (AvgIpc) is 2.42. The molecular formula is C16H34N4O2. The molecule has 22 heavy (non-hydrogen) atoms. The molecule has 0 saturated heterocycles. The van der Waals surface area contributed by atoms with E-state index >= 15 is 0 Å². The van der Waals surface area contributed by atoms with E-state index in [4.69, 9.17) is 4.74 Å². The number of nitrogens with zero attached hydrogens (tertiary/aromatic N) is 1. The Balaban J connectivity index is 4.27. The predicted molar refractivity (Wildman–Crippen MR) is 92.2 cm³/mol. The Kier molecular flexibility index (Phi) is 10.6. The molecule has 0 fully saturated rings. The average molecular weight is 314 g/mol. The van der Waals surface area contributed by atoms with Crippen LogP contribution in [0.15, 0.2) is 4.99 Å². The van der Waals surface area contributed by atoms with Gasteiger partial charge in [-0.15, -0.1) is 0 Å². The lowest BCUT2D eigenvalue weighted by atomic mass is 9.89. The van der Waals surface area contributed by atoms with E-state index in [2.05, 4.69) is 48.6 Å². The minimum absolute atomic E-state index is 0.100. The summed E-state index contributed by atoms with van der Waals surface area (Å²) in [6.45, 7) is 12.8. The standard InChI is InChI=1S/C16H34N4O2/c1-7-17-15(19-12-14(21)18-10-11-22-6)20-13(2)8-9-16(3,4)5/h13H,7-12H2,1-6H3,(H,18,21)(H2,17,19,20). The Bertz CT molecular complexity index is 338. The number of amides is 1. The molecule has 0 aromatic carbocycles. The number of methoxy groups -OCH3 is 1. The monoisotopic (exact) mass is 314 g/mol. The van der Waals surface area contributed by atoms with Crippen molar-refractivity contribution in [2.45, 2.75) is 53.5 Å². The second-order valence-electron chi connectivity index (χ2n) is 6.68. The van der Waals surface area contributed by atoms with Gasteiger partial charge in [0.1, 0.15) is 6.54 Å². The van der Waals surface area contributed by atoms with Crippen LogP contribution in [0.25, 0.3) is 0 Å². The van der Waals surface area contributed by atoms with E-state index < -0.39 is 0 Å². The maximum absolute atomic E-state index is 11.6. The predicted octanol–water partition coefficient (Wildman–Crippen LogP) is 1.52. The lowest BCUT2D eigenvalue weighted by molar-refractivity contribution is -0.119. The van der Waals surface area contributed by atoms with Gasteiger partial charge in [0.2, 0.25) is 5.91 Å². The maximum Gasteiger partial charge on any atom is 0.241 e. The van der Waals surface area contributed by atoms with E-state index in [0.717, 1.165) is 19.4 Å². The summed E-state index contributed by atoms with van der Waals surface area (Å²) in [5.74, 6) is 0.586. The second-order valence-corrected chi connectivity index (χ2v) is 6.68. The summed E-state index contributed by atoms with van der Waals surface area (Å²) in [6, 6.07) is 0.313. The van der Waals surface area contributed by atoms with E-state index in [0.29, 0.717) is 30.6 Å². The first-order valence-corrected chi connectivity index (χ1v) is 8.09. The van der Waals surface area contributed by atoms with Crippen LogP contribution in [0.2, 0.25) is 0 Å². The number of nitrogens with one attached hydrogen (secondary N) is 3. The minimum atomic E-state index is -0.100. The number of hydrogen-bond donors (Lipinski definition) is 3. The smallest absolute Gasteiger partial charge is 0.241 e. The van der Waals surface area contributed by atoms with Gasteiger partial charge in [-0.1, -0.05) is 20.8 Å². The van der Waals surface area contributed by atoms with Crippen LogP contribution in [0.3, 0.4) is 0 Å². The Morgan fingerprint density at radius 2 is 1.95 bits per heavy atom. The van der Waals surface area contributed by atoms with Gasteiger partial charge in [0.05, 0.1) is 6.61 Å². The van der Waals surface area contributed by atoms with Gasteiger partial charge < -0.3 is 20.7 Å². The van der Waals surface area contributed by atoms with Crippen LogP contribution in [0, 0.1) is 5.41 Å². The zero-order chi connectivity index (χ0) is 17.0. The van der Waals surface area contributed by atoms with Crippen molar-refractivity contribution in [1.29, 1.82) is 0 Å². The van der Waals surface area contributed by atoms with Crippen LogP contribution in [-0.4, -0.2) is 51.3 Å². The molecule has 130 valence electrons. The minimum Gasteiger partial charge on any atom is -0.383 e. The summed E-state index contributed by atoms with van der Waals surface area (Å²) >= 11 is 0. The number of rotatable bonds is 9. The molecule has 0 rings (SSSR count). The molecule has 1 unspecified atom stereocenters. The summed E-state index contributed by atoms with van der Waals surface area (Å²) in [5, 5.41) is 9.27. The van der Waals surface area contributed by atoms with Crippen molar-refractivity contribution in [2.24, 2.45) is 10.4 Å². The van der Waals surface area contributed by atoms with Crippen molar-refractivity contribution in [2.75, 3.05) is 33.4 Å². The first kappa shape index (κ1) is 20.7. The van der Waals surface area contributed by atoms with Crippen molar-refractivity contribution >= 4 is 11.9 Å². The first-order chi connectivity index (χ1) is 10.3. The molecule has 0 aromatic rings. The summed E-state index contributed by atoms with van der Waals surface area (Å²) in [7, 11) is 1.61. The highest BCUT2D eigenvalue weighted by atomic mass is 16.5. The highest BCUT2D eigenvalue weighted by Crippen LogP contribution is 2.21. The van der Waals surface area contributed by atoms with Gasteiger partial charge in [-0.2, -0.15) is 0 Å². The van der Waals surface area contributed by atoms with Gasteiger partial charge in [0.15, 0.2) is 5.96 Å². The Morgan fingerprint density at radius 3 is 2.50 bits per heavy atom.